The normalized spacial score (nSPS) is 25.5. The SMILES string of the molecule is Cl.OC1(c2ccccc2)CN(CCl)CC(c2ccccc2)O1. The van der Waals surface area contributed by atoms with E-state index in [2.05, 4.69) is 0 Å². The van der Waals surface area contributed by atoms with E-state index in [-0.39, 0.29) is 18.5 Å². The molecule has 1 saturated heterocycles. The molecule has 22 heavy (non-hydrogen) atoms. The Morgan fingerprint density at radius 2 is 1.68 bits per heavy atom. The van der Waals surface area contributed by atoms with Crippen LogP contribution in [-0.2, 0) is 10.5 Å². The van der Waals surface area contributed by atoms with Crippen molar-refractivity contribution in [3.8, 4) is 0 Å². The lowest BCUT2D eigenvalue weighted by Gasteiger charge is -2.43. The number of hydrogen-bond donors (Lipinski definition) is 1. The molecular formula is C17H19Cl2NO2. The number of aliphatic hydroxyl groups is 1. The van der Waals surface area contributed by atoms with E-state index in [1.807, 2.05) is 65.6 Å². The number of nitrogens with zero attached hydrogens (tertiary/aromatic N) is 1. The number of hydrogen-bond acceptors (Lipinski definition) is 3. The molecule has 0 bridgehead atoms. The Morgan fingerprint density at radius 1 is 1.09 bits per heavy atom. The Hall–Kier alpha value is -1.10. The fourth-order valence-corrected chi connectivity index (χ4v) is 2.88. The Kier molecular flexibility index (Phi) is 5.84. The van der Waals surface area contributed by atoms with Crippen LogP contribution in [0.25, 0.3) is 0 Å². The zero-order valence-electron chi connectivity index (χ0n) is 12.1. The van der Waals surface area contributed by atoms with Gasteiger partial charge in [0, 0.05) is 12.1 Å². The van der Waals surface area contributed by atoms with Crippen molar-refractivity contribution in [2.75, 3.05) is 19.1 Å². The molecule has 3 nitrogen and oxygen atoms in total. The van der Waals surface area contributed by atoms with Gasteiger partial charge >= 0.3 is 0 Å². The fraction of sp³-hybridized carbons (Fsp3) is 0.294. The minimum Gasteiger partial charge on any atom is -0.361 e. The zero-order chi connectivity index (χ0) is 14.7. The van der Waals surface area contributed by atoms with Crippen LogP contribution in [0.2, 0.25) is 0 Å². The fourth-order valence-electron chi connectivity index (χ4n) is 2.70. The van der Waals surface area contributed by atoms with E-state index < -0.39 is 5.79 Å². The first-order chi connectivity index (χ1) is 10.2. The first-order valence-corrected chi connectivity index (χ1v) is 7.54. The summed E-state index contributed by atoms with van der Waals surface area (Å²) in [6.07, 6.45) is -0.205. The molecule has 5 heteroatoms. The van der Waals surface area contributed by atoms with Crippen molar-refractivity contribution >= 4 is 24.0 Å². The lowest BCUT2D eigenvalue weighted by atomic mass is 10.0. The maximum absolute atomic E-state index is 11.0. The van der Waals surface area contributed by atoms with E-state index in [1.54, 1.807) is 0 Å². The topological polar surface area (TPSA) is 32.7 Å². The summed E-state index contributed by atoms with van der Waals surface area (Å²) in [6, 6.07) is 19.8. The van der Waals surface area contributed by atoms with Crippen molar-refractivity contribution in [2.24, 2.45) is 0 Å². The second kappa shape index (κ2) is 7.44. The average molecular weight is 340 g/mol. The van der Waals surface area contributed by atoms with Crippen molar-refractivity contribution in [1.82, 2.24) is 4.90 Å². The summed E-state index contributed by atoms with van der Waals surface area (Å²) >= 11 is 6.01. The highest BCUT2D eigenvalue weighted by Gasteiger charge is 2.40. The summed E-state index contributed by atoms with van der Waals surface area (Å²) in [6.45, 7) is 1.03. The van der Waals surface area contributed by atoms with Crippen LogP contribution in [0.15, 0.2) is 60.7 Å². The van der Waals surface area contributed by atoms with Crippen LogP contribution in [-0.4, -0.2) is 29.1 Å². The molecule has 0 aromatic heterocycles. The van der Waals surface area contributed by atoms with Crippen LogP contribution in [0.5, 0.6) is 0 Å². The highest BCUT2D eigenvalue weighted by molar-refractivity contribution is 6.17. The van der Waals surface area contributed by atoms with Crippen LogP contribution >= 0.6 is 24.0 Å². The van der Waals surface area contributed by atoms with Crippen molar-refractivity contribution < 1.29 is 9.84 Å². The molecule has 2 atom stereocenters. The van der Waals surface area contributed by atoms with Gasteiger partial charge in [-0.05, 0) is 5.56 Å². The van der Waals surface area contributed by atoms with Gasteiger partial charge < -0.3 is 9.84 Å². The maximum atomic E-state index is 11.0. The molecule has 1 aliphatic rings. The molecule has 2 unspecified atom stereocenters. The Bertz CT molecular complexity index is 582. The number of benzene rings is 2. The third kappa shape index (κ3) is 3.62. The van der Waals surface area contributed by atoms with Gasteiger partial charge in [-0.2, -0.15) is 0 Å². The van der Waals surface area contributed by atoms with Crippen molar-refractivity contribution in [3.63, 3.8) is 0 Å². The minimum absolute atomic E-state index is 0. The summed E-state index contributed by atoms with van der Waals surface area (Å²) in [7, 11) is 0. The number of β-amino-alcohol motifs (C(OH)–C–C–N with tert-alkyl or cyclic N) is 1. The van der Waals surface area contributed by atoms with Gasteiger partial charge in [0.1, 0.15) is 0 Å². The third-order valence-electron chi connectivity index (χ3n) is 3.76. The van der Waals surface area contributed by atoms with Crippen LogP contribution in [0.1, 0.15) is 17.2 Å². The molecule has 0 amide bonds. The summed E-state index contributed by atoms with van der Waals surface area (Å²) in [5, 5.41) is 11.0. The van der Waals surface area contributed by atoms with Gasteiger partial charge in [-0.15, -0.1) is 24.0 Å². The molecule has 3 rings (SSSR count). The van der Waals surface area contributed by atoms with Crippen LogP contribution in [0, 0.1) is 0 Å². The maximum Gasteiger partial charge on any atom is 0.206 e. The molecule has 0 saturated carbocycles. The van der Waals surface area contributed by atoms with Gasteiger partial charge in [-0.3, -0.25) is 4.90 Å². The van der Waals surface area contributed by atoms with Gasteiger partial charge in [0.25, 0.3) is 0 Å². The first kappa shape index (κ1) is 17.3. The van der Waals surface area contributed by atoms with Gasteiger partial charge in [0.2, 0.25) is 5.79 Å². The molecule has 118 valence electrons. The lowest BCUT2D eigenvalue weighted by Crippen LogP contribution is -2.50. The second-order valence-corrected chi connectivity index (χ2v) is 5.54. The Balaban J connectivity index is 0.00000176. The summed E-state index contributed by atoms with van der Waals surface area (Å²) < 4.78 is 6.03. The van der Waals surface area contributed by atoms with E-state index in [0.717, 1.165) is 11.1 Å². The smallest absolute Gasteiger partial charge is 0.206 e. The van der Waals surface area contributed by atoms with Crippen LogP contribution in [0.4, 0.5) is 0 Å². The Morgan fingerprint density at radius 3 is 2.27 bits per heavy atom. The predicted octanol–water partition coefficient (Wildman–Crippen LogP) is 3.52. The van der Waals surface area contributed by atoms with Gasteiger partial charge in [-0.1, -0.05) is 60.7 Å². The average Bonchev–Trinajstić information content (AvgIpc) is 2.56. The third-order valence-corrected chi connectivity index (χ3v) is 4.10. The first-order valence-electron chi connectivity index (χ1n) is 7.00. The summed E-state index contributed by atoms with van der Waals surface area (Å²) in [4.78, 5) is 2.00. The molecule has 0 radical (unpaired) electrons. The Labute approximate surface area is 141 Å². The van der Waals surface area contributed by atoms with Gasteiger partial charge in [0.05, 0.1) is 18.7 Å². The van der Waals surface area contributed by atoms with E-state index in [4.69, 9.17) is 16.3 Å². The standard InChI is InChI=1S/C17H18ClNO2.ClH/c18-13-19-11-16(14-7-3-1-4-8-14)21-17(20,12-19)15-9-5-2-6-10-15;/h1-10,16,20H,11-13H2;1H. The van der Waals surface area contributed by atoms with E-state index >= 15 is 0 Å². The molecule has 1 N–H and O–H groups in total. The number of halogens is 2. The van der Waals surface area contributed by atoms with Crippen LogP contribution < -0.4 is 0 Å². The molecule has 0 spiro atoms. The molecule has 1 aliphatic heterocycles. The van der Waals surface area contributed by atoms with E-state index in [1.165, 1.54) is 0 Å². The molecule has 2 aromatic rings. The predicted molar refractivity (Wildman–Crippen MR) is 90.1 cm³/mol. The summed E-state index contributed by atoms with van der Waals surface area (Å²) in [5.41, 5.74) is 1.79. The second-order valence-electron chi connectivity index (χ2n) is 5.30. The molecule has 1 fully saturated rings. The minimum atomic E-state index is -1.34. The molecule has 0 aliphatic carbocycles. The van der Waals surface area contributed by atoms with Crippen molar-refractivity contribution in [3.05, 3.63) is 71.8 Å². The number of ether oxygens (including phenoxy) is 1. The quantitative estimate of drug-likeness (QED) is 0.685. The van der Waals surface area contributed by atoms with E-state index in [0.29, 0.717) is 19.1 Å². The molecule has 2 aromatic carbocycles. The van der Waals surface area contributed by atoms with Gasteiger partial charge in [0.15, 0.2) is 0 Å². The zero-order valence-corrected chi connectivity index (χ0v) is 13.6. The van der Waals surface area contributed by atoms with Crippen LogP contribution in [0.3, 0.4) is 0 Å². The van der Waals surface area contributed by atoms with E-state index in [9.17, 15) is 5.11 Å². The number of morpholine rings is 1. The monoisotopic (exact) mass is 339 g/mol. The molecule has 1 heterocycles. The van der Waals surface area contributed by atoms with Crippen molar-refractivity contribution in [1.29, 1.82) is 0 Å². The van der Waals surface area contributed by atoms with Crippen molar-refractivity contribution in [2.45, 2.75) is 11.9 Å². The molecular weight excluding hydrogens is 321 g/mol. The largest absolute Gasteiger partial charge is 0.361 e. The highest BCUT2D eigenvalue weighted by atomic mass is 35.5. The lowest BCUT2D eigenvalue weighted by molar-refractivity contribution is -0.277. The van der Waals surface area contributed by atoms with Gasteiger partial charge in [-0.25, -0.2) is 0 Å². The number of alkyl halides is 1. The summed E-state index contributed by atoms with van der Waals surface area (Å²) in [5.74, 6) is -1.34. The highest BCUT2D eigenvalue weighted by Crippen LogP contribution is 2.36. The number of rotatable bonds is 3.